The Morgan fingerprint density at radius 1 is 1.11 bits per heavy atom. The van der Waals surface area contributed by atoms with Crippen LogP contribution in [0.2, 0.25) is 0 Å². The average molecular weight is 254 g/mol. The van der Waals surface area contributed by atoms with Crippen LogP contribution in [0, 0.1) is 0 Å². The lowest BCUT2D eigenvalue weighted by molar-refractivity contribution is 0.0608. The van der Waals surface area contributed by atoms with Gasteiger partial charge in [-0.15, -0.1) is 0 Å². The SMILES string of the molecule is COc1ccc(C(C)(C)C)cc1OC(CO)CO. The van der Waals surface area contributed by atoms with E-state index >= 15 is 0 Å². The Hall–Kier alpha value is -1.26. The second kappa shape index (κ2) is 6.07. The summed E-state index contributed by atoms with van der Waals surface area (Å²) >= 11 is 0. The maximum Gasteiger partial charge on any atom is 0.162 e. The van der Waals surface area contributed by atoms with Gasteiger partial charge in [-0.2, -0.15) is 0 Å². The van der Waals surface area contributed by atoms with E-state index in [1.807, 2.05) is 18.2 Å². The fraction of sp³-hybridized carbons (Fsp3) is 0.571. The Morgan fingerprint density at radius 3 is 2.17 bits per heavy atom. The first-order chi connectivity index (χ1) is 8.42. The monoisotopic (exact) mass is 254 g/mol. The molecule has 4 heteroatoms. The standard InChI is InChI=1S/C14H22O4/c1-14(2,3)10-5-6-12(17-4)13(7-10)18-11(8-15)9-16/h5-7,11,15-16H,8-9H2,1-4H3. The summed E-state index contributed by atoms with van der Waals surface area (Å²) in [5.74, 6) is 1.13. The van der Waals surface area contributed by atoms with Crippen molar-refractivity contribution >= 4 is 0 Å². The van der Waals surface area contributed by atoms with Gasteiger partial charge in [0.05, 0.1) is 20.3 Å². The molecule has 0 spiro atoms. The molecule has 18 heavy (non-hydrogen) atoms. The summed E-state index contributed by atoms with van der Waals surface area (Å²) in [6.07, 6.45) is -0.630. The van der Waals surface area contributed by atoms with Crippen LogP contribution in [-0.4, -0.2) is 36.6 Å². The first kappa shape index (κ1) is 14.8. The third-order valence-electron chi connectivity index (χ3n) is 2.73. The predicted molar refractivity (Wildman–Crippen MR) is 70.3 cm³/mol. The predicted octanol–water partition coefficient (Wildman–Crippen LogP) is 1.72. The maximum atomic E-state index is 9.05. The number of methoxy groups -OCH3 is 1. The molecule has 0 amide bonds. The molecule has 1 rings (SSSR count). The van der Waals surface area contributed by atoms with Gasteiger partial charge in [-0.05, 0) is 23.1 Å². The fourth-order valence-corrected chi connectivity index (χ4v) is 1.55. The Balaban J connectivity index is 3.06. The molecule has 0 radical (unpaired) electrons. The van der Waals surface area contributed by atoms with Crippen LogP contribution in [-0.2, 0) is 5.41 Å². The Bertz CT molecular complexity index is 378. The lowest BCUT2D eigenvalue weighted by Crippen LogP contribution is -2.25. The van der Waals surface area contributed by atoms with Crippen LogP contribution >= 0.6 is 0 Å². The number of benzene rings is 1. The molecule has 0 aromatic heterocycles. The molecule has 0 unspecified atom stereocenters. The molecule has 4 nitrogen and oxygen atoms in total. The van der Waals surface area contributed by atoms with Gasteiger partial charge in [0.25, 0.3) is 0 Å². The van der Waals surface area contributed by atoms with Crippen LogP contribution in [0.15, 0.2) is 18.2 Å². The number of rotatable bonds is 5. The molecule has 0 bridgehead atoms. The zero-order valence-electron chi connectivity index (χ0n) is 11.4. The lowest BCUT2D eigenvalue weighted by Gasteiger charge is -2.22. The Labute approximate surface area is 108 Å². The second-order valence-electron chi connectivity index (χ2n) is 5.22. The summed E-state index contributed by atoms with van der Waals surface area (Å²) in [5, 5.41) is 18.1. The van der Waals surface area contributed by atoms with Crippen molar-refractivity contribution in [1.82, 2.24) is 0 Å². The Morgan fingerprint density at radius 2 is 1.72 bits per heavy atom. The van der Waals surface area contributed by atoms with Crippen LogP contribution in [0.5, 0.6) is 11.5 Å². The minimum Gasteiger partial charge on any atom is -0.493 e. The van der Waals surface area contributed by atoms with Gasteiger partial charge in [0.2, 0.25) is 0 Å². The highest BCUT2D eigenvalue weighted by Gasteiger charge is 2.18. The Kier molecular flexibility index (Phi) is 4.99. The molecule has 102 valence electrons. The van der Waals surface area contributed by atoms with E-state index in [4.69, 9.17) is 19.7 Å². The van der Waals surface area contributed by atoms with Gasteiger partial charge < -0.3 is 19.7 Å². The molecular formula is C14H22O4. The normalized spacial score (nSPS) is 11.7. The summed E-state index contributed by atoms with van der Waals surface area (Å²) in [4.78, 5) is 0. The van der Waals surface area contributed by atoms with E-state index in [0.29, 0.717) is 11.5 Å². The molecule has 1 aromatic rings. The quantitative estimate of drug-likeness (QED) is 0.840. The van der Waals surface area contributed by atoms with Crippen molar-refractivity contribution < 1.29 is 19.7 Å². The average Bonchev–Trinajstić information content (AvgIpc) is 2.34. The van der Waals surface area contributed by atoms with Crippen LogP contribution in [0.25, 0.3) is 0 Å². The molecule has 0 atom stereocenters. The van der Waals surface area contributed by atoms with E-state index in [1.165, 1.54) is 0 Å². The molecular weight excluding hydrogens is 232 g/mol. The minimum atomic E-state index is -0.630. The van der Waals surface area contributed by atoms with Gasteiger partial charge in [0, 0.05) is 0 Å². The van der Waals surface area contributed by atoms with Crippen molar-refractivity contribution in [3.63, 3.8) is 0 Å². The van der Waals surface area contributed by atoms with E-state index in [1.54, 1.807) is 7.11 Å². The minimum absolute atomic E-state index is 0.00168. The molecule has 0 heterocycles. The number of aliphatic hydroxyl groups excluding tert-OH is 2. The van der Waals surface area contributed by atoms with Gasteiger partial charge in [0.1, 0.15) is 6.10 Å². The zero-order valence-corrected chi connectivity index (χ0v) is 11.4. The van der Waals surface area contributed by atoms with Gasteiger partial charge in [-0.1, -0.05) is 26.8 Å². The highest BCUT2D eigenvalue weighted by molar-refractivity contribution is 5.44. The van der Waals surface area contributed by atoms with Crippen molar-refractivity contribution in [2.24, 2.45) is 0 Å². The molecule has 0 saturated carbocycles. The van der Waals surface area contributed by atoms with Crippen LogP contribution in [0.1, 0.15) is 26.3 Å². The number of hydrogen-bond donors (Lipinski definition) is 2. The molecule has 2 N–H and O–H groups in total. The maximum absolute atomic E-state index is 9.05. The van der Waals surface area contributed by atoms with Gasteiger partial charge in [0.15, 0.2) is 11.5 Å². The smallest absolute Gasteiger partial charge is 0.162 e. The van der Waals surface area contributed by atoms with Gasteiger partial charge in [-0.25, -0.2) is 0 Å². The first-order valence-corrected chi connectivity index (χ1v) is 5.99. The second-order valence-corrected chi connectivity index (χ2v) is 5.22. The van der Waals surface area contributed by atoms with E-state index in [-0.39, 0.29) is 18.6 Å². The van der Waals surface area contributed by atoms with E-state index in [2.05, 4.69) is 20.8 Å². The summed E-state index contributed by atoms with van der Waals surface area (Å²) in [5.41, 5.74) is 1.10. The molecule has 0 saturated heterocycles. The largest absolute Gasteiger partial charge is 0.493 e. The van der Waals surface area contributed by atoms with Crippen LogP contribution in [0.4, 0.5) is 0 Å². The van der Waals surface area contributed by atoms with Crippen LogP contribution in [0.3, 0.4) is 0 Å². The van der Waals surface area contributed by atoms with Crippen molar-refractivity contribution in [3.8, 4) is 11.5 Å². The van der Waals surface area contributed by atoms with Crippen molar-refractivity contribution in [3.05, 3.63) is 23.8 Å². The summed E-state index contributed by atoms with van der Waals surface area (Å²) in [6.45, 7) is 5.84. The van der Waals surface area contributed by atoms with Gasteiger partial charge in [-0.3, -0.25) is 0 Å². The van der Waals surface area contributed by atoms with Crippen molar-refractivity contribution in [1.29, 1.82) is 0 Å². The highest BCUT2D eigenvalue weighted by Crippen LogP contribution is 2.33. The first-order valence-electron chi connectivity index (χ1n) is 5.99. The molecule has 0 aliphatic rings. The molecule has 0 aliphatic heterocycles. The van der Waals surface area contributed by atoms with Crippen molar-refractivity contribution in [2.45, 2.75) is 32.3 Å². The summed E-state index contributed by atoms with van der Waals surface area (Å²) in [7, 11) is 1.56. The summed E-state index contributed by atoms with van der Waals surface area (Å²) < 4.78 is 10.8. The topological polar surface area (TPSA) is 58.9 Å². The number of aliphatic hydroxyl groups is 2. The molecule has 0 aliphatic carbocycles. The zero-order chi connectivity index (χ0) is 13.8. The third kappa shape index (κ3) is 3.62. The number of ether oxygens (including phenoxy) is 2. The van der Waals surface area contributed by atoms with E-state index < -0.39 is 6.10 Å². The molecule has 0 fully saturated rings. The number of hydrogen-bond acceptors (Lipinski definition) is 4. The summed E-state index contributed by atoms with van der Waals surface area (Å²) in [6, 6.07) is 5.71. The van der Waals surface area contributed by atoms with Crippen molar-refractivity contribution in [2.75, 3.05) is 20.3 Å². The van der Waals surface area contributed by atoms with Crippen LogP contribution < -0.4 is 9.47 Å². The van der Waals surface area contributed by atoms with E-state index in [0.717, 1.165) is 5.56 Å². The highest BCUT2D eigenvalue weighted by atomic mass is 16.5. The molecule has 1 aromatic carbocycles. The lowest BCUT2D eigenvalue weighted by atomic mass is 9.87. The van der Waals surface area contributed by atoms with Gasteiger partial charge >= 0.3 is 0 Å². The van der Waals surface area contributed by atoms with E-state index in [9.17, 15) is 0 Å². The third-order valence-corrected chi connectivity index (χ3v) is 2.73. The fourth-order valence-electron chi connectivity index (χ4n) is 1.55.